The predicted molar refractivity (Wildman–Crippen MR) is 124 cm³/mol. The third-order valence-electron chi connectivity index (χ3n) is 4.11. The molecule has 2 N–H and O–H groups in total. The van der Waals surface area contributed by atoms with Crippen LogP contribution in [0.25, 0.3) is 6.08 Å². The van der Waals surface area contributed by atoms with Crippen LogP contribution in [-0.4, -0.2) is 50.9 Å². The minimum Gasteiger partial charge on any atom is -0.396 e. The molecular formula is C20H16ClN3O6S2. The molecule has 0 bridgehead atoms. The van der Waals surface area contributed by atoms with Crippen molar-refractivity contribution in [3.8, 4) is 0 Å². The van der Waals surface area contributed by atoms with E-state index in [0.29, 0.717) is 38.7 Å². The molecule has 0 atom stereocenters. The number of aliphatic hydroxyl groups is 1. The van der Waals surface area contributed by atoms with Crippen LogP contribution < -0.4 is 5.32 Å². The van der Waals surface area contributed by atoms with E-state index in [1.54, 1.807) is 24.3 Å². The molecule has 0 aliphatic carbocycles. The van der Waals surface area contributed by atoms with Crippen molar-refractivity contribution in [1.29, 1.82) is 0 Å². The lowest BCUT2D eigenvalue weighted by atomic mass is 10.2. The Morgan fingerprint density at radius 2 is 2.06 bits per heavy atom. The van der Waals surface area contributed by atoms with E-state index in [2.05, 4.69) is 5.32 Å². The molecule has 1 saturated heterocycles. The normalized spacial score (nSPS) is 14.8. The van der Waals surface area contributed by atoms with Gasteiger partial charge in [-0.1, -0.05) is 23.7 Å². The van der Waals surface area contributed by atoms with E-state index in [4.69, 9.17) is 16.7 Å². The fraction of sp³-hybridized carbons (Fsp3) is 0.150. The monoisotopic (exact) mass is 493 g/mol. The number of carbonyl (C=O) groups is 3. The zero-order valence-electron chi connectivity index (χ0n) is 16.3. The first-order chi connectivity index (χ1) is 15.3. The SMILES string of the molecule is O=C(CN1C(=O)S/C(=C\c2ccc(SCCO)c([N+](=O)[O-])c2)C1=O)Nc1cccc(Cl)c1. The lowest BCUT2D eigenvalue weighted by molar-refractivity contribution is -0.387. The summed E-state index contributed by atoms with van der Waals surface area (Å²) in [7, 11) is 0. The van der Waals surface area contributed by atoms with Crippen LogP contribution in [0, 0.1) is 10.1 Å². The van der Waals surface area contributed by atoms with Crippen LogP contribution in [-0.2, 0) is 9.59 Å². The fourth-order valence-electron chi connectivity index (χ4n) is 2.74. The van der Waals surface area contributed by atoms with Gasteiger partial charge < -0.3 is 10.4 Å². The number of hydrogen-bond acceptors (Lipinski definition) is 8. The van der Waals surface area contributed by atoms with Gasteiger partial charge in [0.2, 0.25) is 5.91 Å². The number of nitrogens with zero attached hydrogens (tertiary/aromatic N) is 2. The molecule has 0 spiro atoms. The smallest absolute Gasteiger partial charge is 0.294 e. The number of anilines is 1. The van der Waals surface area contributed by atoms with E-state index in [1.807, 2.05) is 0 Å². The number of amides is 3. The lowest BCUT2D eigenvalue weighted by Crippen LogP contribution is -2.36. The van der Waals surface area contributed by atoms with Crippen LogP contribution >= 0.6 is 35.1 Å². The number of nitro groups is 1. The molecule has 1 fully saturated rings. The van der Waals surface area contributed by atoms with Crippen LogP contribution in [0.3, 0.4) is 0 Å². The summed E-state index contributed by atoms with van der Waals surface area (Å²) in [6.07, 6.45) is 1.37. The van der Waals surface area contributed by atoms with Crippen molar-refractivity contribution >= 4 is 69.6 Å². The summed E-state index contributed by atoms with van der Waals surface area (Å²) >= 11 is 7.66. The Kier molecular flexibility index (Phi) is 7.91. The Morgan fingerprint density at radius 3 is 2.75 bits per heavy atom. The summed E-state index contributed by atoms with van der Waals surface area (Å²) in [4.78, 5) is 49.2. The summed E-state index contributed by atoms with van der Waals surface area (Å²) in [5.41, 5.74) is 0.618. The number of hydrogen-bond donors (Lipinski definition) is 2. The summed E-state index contributed by atoms with van der Waals surface area (Å²) in [6, 6.07) is 10.8. The van der Waals surface area contributed by atoms with Gasteiger partial charge in [0.15, 0.2) is 0 Å². The molecule has 3 rings (SSSR count). The highest BCUT2D eigenvalue weighted by atomic mass is 35.5. The number of aliphatic hydroxyl groups excluding tert-OH is 1. The number of benzene rings is 2. The van der Waals surface area contributed by atoms with Crippen molar-refractivity contribution in [2.75, 3.05) is 24.2 Å². The highest BCUT2D eigenvalue weighted by Crippen LogP contribution is 2.35. The molecular weight excluding hydrogens is 478 g/mol. The van der Waals surface area contributed by atoms with Crippen molar-refractivity contribution < 1.29 is 24.4 Å². The minimum atomic E-state index is -0.664. The van der Waals surface area contributed by atoms with Crippen LogP contribution in [0.1, 0.15) is 5.56 Å². The Labute approximate surface area is 196 Å². The molecule has 12 heteroatoms. The van der Waals surface area contributed by atoms with E-state index < -0.39 is 28.5 Å². The summed E-state index contributed by atoms with van der Waals surface area (Å²) in [6.45, 7) is -0.604. The van der Waals surface area contributed by atoms with E-state index in [-0.39, 0.29) is 17.2 Å². The third-order valence-corrected chi connectivity index (χ3v) is 6.30. The topological polar surface area (TPSA) is 130 Å². The lowest BCUT2D eigenvalue weighted by Gasteiger charge is -2.12. The standard InChI is InChI=1S/C20H16ClN3O6S2/c21-13-2-1-3-14(10-13)22-18(26)11-23-19(27)17(32-20(23)28)9-12-4-5-16(31-7-6-25)15(8-12)24(29)30/h1-5,8-10,25H,6-7,11H2,(H,22,26)/b17-9-. The van der Waals surface area contributed by atoms with Crippen molar-refractivity contribution in [2.24, 2.45) is 0 Å². The molecule has 32 heavy (non-hydrogen) atoms. The first kappa shape index (κ1) is 23.8. The molecule has 0 radical (unpaired) electrons. The number of rotatable bonds is 8. The highest BCUT2D eigenvalue weighted by molar-refractivity contribution is 8.18. The second kappa shape index (κ2) is 10.6. The Morgan fingerprint density at radius 1 is 1.28 bits per heavy atom. The van der Waals surface area contributed by atoms with Crippen LogP contribution in [0.4, 0.5) is 16.2 Å². The van der Waals surface area contributed by atoms with Gasteiger partial charge in [-0.15, -0.1) is 11.8 Å². The maximum absolute atomic E-state index is 12.6. The fourth-order valence-corrected chi connectivity index (χ4v) is 4.53. The third kappa shape index (κ3) is 5.88. The van der Waals surface area contributed by atoms with E-state index >= 15 is 0 Å². The Balaban J connectivity index is 1.74. The summed E-state index contributed by atoms with van der Waals surface area (Å²) in [5.74, 6) is -0.935. The quantitative estimate of drug-likeness (QED) is 0.244. The van der Waals surface area contributed by atoms with Gasteiger partial charge in [-0.05, 0) is 47.7 Å². The van der Waals surface area contributed by atoms with Gasteiger partial charge in [0.25, 0.3) is 16.8 Å². The second-order valence-electron chi connectivity index (χ2n) is 6.38. The number of halogens is 1. The molecule has 1 aliphatic heterocycles. The van der Waals surface area contributed by atoms with Crippen molar-refractivity contribution in [3.63, 3.8) is 0 Å². The first-order valence-electron chi connectivity index (χ1n) is 9.11. The van der Waals surface area contributed by atoms with Gasteiger partial charge >= 0.3 is 0 Å². The average molecular weight is 494 g/mol. The maximum atomic E-state index is 12.6. The molecule has 1 aliphatic rings. The van der Waals surface area contributed by atoms with Crippen LogP contribution in [0.15, 0.2) is 52.3 Å². The van der Waals surface area contributed by atoms with Gasteiger partial charge in [-0.2, -0.15) is 0 Å². The van der Waals surface area contributed by atoms with E-state index in [1.165, 1.54) is 24.3 Å². The number of imide groups is 1. The second-order valence-corrected chi connectivity index (χ2v) is 8.95. The van der Waals surface area contributed by atoms with Gasteiger partial charge in [0.05, 0.1) is 21.3 Å². The molecule has 0 aromatic heterocycles. The molecule has 1 heterocycles. The number of thioether (sulfide) groups is 2. The zero-order valence-corrected chi connectivity index (χ0v) is 18.7. The number of nitro benzene ring substituents is 1. The Hall–Kier alpha value is -2.86. The predicted octanol–water partition coefficient (Wildman–Crippen LogP) is 4.01. The van der Waals surface area contributed by atoms with Crippen molar-refractivity contribution in [2.45, 2.75) is 4.90 Å². The van der Waals surface area contributed by atoms with Crippen LogP contribution in [0.5, 0.6) is 0 Å². The number of carbonyl (C=O) groups excluding carboxylic acids is 3. The van der Waals surface area contributed by atoms with E-state index in [9.17, 15) is 24.5 Å². The molecule has 9 nitrogen and oxygen atoms in total. The molecule has 2 aromatic rings. The summed E-state index contributed by atoms with van der Waals surface area (Å²) in [5, 5.41) is 22.7. The van der Waals surface area contributed by atoms with Gasteiger partial charge in [-0.3, -0.25) is 29.4 Å². The van der Waals surface area contributed by atoms with Gasteiger partial charge in [0.1, 0.15) is 6.54 Å². The number of nitrogens with one attached hydrogen (secondary N) is 1. The first-order valence-corrected chi connectivity index (χ1v) is 11.3. The average Bonchev–Trinajstić information content (AvgIpc) is 3.00. The van der Waals surface area contributed by atoms with Crippen molar-refractivity contribution in [1.82, 2.24) is 4.90 Å². The van der Waals surface area contributed by atoms with Gasteiger partial charge in [-0.25, -0.2) is 0 Å². The summed E-state index contributed by atoms with van der Waals surface area (Å²) < 4.78 is 0. The van der Waals surface area contributed by atoms with Gasteiger partial charge in [0, 0.05) is 22.5 Å². The maximum Gasteiger partial charge on any atom is 0.294 e. The minimum absolute atomic E-state index is 0.0515. The van der Waals surface area contributed by atoms with Crippen molar-refractivity contribution in [3.05, 3.63) is 68.1 Å². The highest BCUT2D eigenvalue weighted by Gasteiger charge is 2.36. The zero-order chi connectivity index (χ0) is 23.3. The molecule has 0 unspecified atom stereocenters. The molecule has 3 amide bonds. The molecule has 166 valence electrons. The van der Waals surface area contributed by atoms with Crippen LogP contribution in [0.2, 0.25) is 5.02 Å². The van der Waals surface area contributed by atoms with E-state index in [0.717, 1.165) is 16.7 Å². The molecule has 0 saturated carbocycles. The molecule has 2 aromatic carbocycles. The Bertz CT molecular complexity index is 1120. The largest absolute Gasteiger partial charge is 0.396 e.